The number of benzene rings is 1. The van der Waals surface area contributed by atoms with Gasteiger partial charge >= 0.3 is 12.0 Å². The number of fused-ring (bicyclic) bond motifs is 1. The van der Waals surface area contributed by atoms with Crippen LogP contribution in [0.5, 0.6) is 0 Å². The van der Waals surface area contributed by atoms with Crippen molar-refractivity contribution in [3.63, 3.8) is 0 Å². The van der Waals surface area contributed by atoms with Gasteiger partial charge in [-0.05, 0) is 31.4 Å². The smallest absolute Gasteiger partial charge is 0.322 e. The number of hydrogen-bond donors (Lipinski definition) is 2. The van der Waals surface area contributed by atoms with E-state index in [0.717, 1.165) is 12.8 Å². The molecule has 0 radical (unpaired) electrons. The van der Waals surface area contributed by atoms with E-state index in [-0.39, 0.29) is 18.1 Å². The highest BCUT2D eigenvalue weighted by molar-refractivity contribution is 5.98. The molecule has 5 heteroatoms. The Hall–Kier alpha value is -2.04. The van der Waals surface area contributed by atoms with Gasteiger partial charge in [0.25, 0.3) is 0 Å². The first kappa shape index (κ1) is 15.4. The zero-order valence-electron chi connectivity index (χ0n) is 12.7. The molecule has 1 aromatic carbocycles. The van der Waals surface area contributed by atoms with Gasteiger partial charge in [-0.1, -0.05) is 32.0 Å². The fraction of sp³-hybridized carbons (Fsp3) is 0.500. The molecule has 114 valence electrons. The summed E-state index contributed by atoms with van der Waals surface area (Å²) in [7, 11) is 0. The van der Waals surface area contributed by atoms with Crippen LogP contribution in [0.15, 0.2) is 24.3 Å². The van der Waals surface area contributed by atoms with Gasteiger partial charge in [-0.3, -0.25) is 9.69 Å². The third-order valence-corrected chi connectivity index (χ3v) is 4.48. The van der Waals surface area contributed by atoms with E-state index in [1.165, 1.54) is 4.90 Å². The number of aliphatic carboxylic acids is 1. The van der Waals surface area contributed by atoms with Crippen LogP contribution in [-0.4, -0.2) is 29.2 Å². The van der Waals surface area contributed by atoms with Crippen LogP contribution in [0.3, 0.4) is 0 Å². The van der Waals surface area contributed by atoms with Gasteiger partial charge in [0.05, 0.1) is 0 Å². The molecule has 0 spiro atoms. The fourth-order valence-corrected chi connectivity index (χ4v) is 2.56. The number of rotatable bonds is 4. The highest BCUT2D eigenvalue weighted by atomic mass is 16.4. The summed E-state index contributed by atoms with van der Waals surface area (Å²) >= 11 is 0. The van der Waals surface area contributed by atoms with Crippen LogP contribution in [0.2, 0.25) is 0 Å². The summed E-state index contributed by atoms with van der Waals surface area (Å²) in [5, 5.41) is 12.4. The van der Waals surface area contributed by atoms with E-state index in [1.54, 1.807) is 18.2 Å². The SMILES string of the molecule is CCC(C)(CC)NC(=O)N1CC(C(=O)O)c2ccccc21. The average molecular weight is 290 g/mol. The molecule has 2 rings (SSSR count). The van der Waals surface area contributed by atoms with Crippen molar-refractivity contribution in [2.45, 2.75) is 45.1 Å². The first-order chi connectivity index (χ1) is 9.91. The van der Waals surface area contributed by atoms with Gasteiger partial charge in [0.1, 0.15) is 5.92 Å². The van der Waals surface area contributed by atoms with E-state index in [4.69, 9.17) is 0 Å². The zero-order valence-corrected chi connectivity index (χ0v) is 12.7. The number of hydrogen-bond acceptors (Lipinski definition) is 2. The number of urea groups is 1. The monoisotopic (exact) mass is 290 g/mol. The average Bonchev–Trinajstić information content (AvgIpc) is 2.87. The van der Waals surface area contributed by atoms with Crippen molar-refractivity contribution in [3.8, 4) is 0 Å². The number of anilines is 1. The maximum atomic E-state index is 12.5. The zero-order chi connectivity index (χ0) is 15.6. The first-order valence-electron chi connectivity index (χ1n) is 7.33. The van der Waals surface area contributed by atoms with Gasteiger partial charge in [-0.25, -0.2) is 4.79 Å². The summed E-state index contributed by atoms with van der Waals surface area (Å²) in [6.45, 7) is 6.25. The Morgan fingerprint density at radius 1 is 1.33 bits per heavy atom. The van der Waals surface area contributed by atoms with Crippen molar-refractivity contribution in [1.29, 1.82) is 0 Å². The third kappa shape index (κ3) is 2.86. The molecule has 1 aliphatic heterocycles. The number of para-hydroxylation sites is 1. The highest BCUT2D eigenvalue weighted by Gasteiger charge is 2.37. The molecule has 1 heterocycles. The molecule has 1 aliphatic rings. The Labute approximate surface area is 125 Å². The van der Waals surface area contributed by atoms with Gasteiger partial charge in [0, 0.05) is 17.8 Å². The van der Waals surface area contributed by atoms with Gasteiger partial charge < -0.3 is 10.4 Å². The molecule has 2 amide bonds. The minimum absolute atomic E-state index is 0.185. The van der Waals surface area contributed by atoms with Gasteiger partial charge in [0.15, 0.2) is 0 Å². The number of amides is 2. The van der Waals surface area contributed by atoms with Crippen molar-refractivity contribution in [2.75, 3.05) is 11.4 Å². The predicted octanol–water partition coefficient (Wildman–Crippen LogP) is 2.96. The normalized spacial score (nSPS) is 17.5. The lowest BCUT2D eigenvalue weighted by molar-refractivity contribution is -0.138. The van der Waals surface area contributed by atoms with Crippen LogP contribution in [0.1, 0.15) is 45.1 Å². The van der Waals surface area contributed by atoms with Gasteiger partial charge in [-0.2, -0.15) is 0 Å². The van der Waals surface area contributed by atoms with Crippen molar-refractivity contribution < 1.29 is 14.7 Å². The van der Waals surface area contributed by atoms with Crippen molar-refractivity contribution in [3.05, 3.63) is 29.8 Å². The van der Waals surface area contributed by atoms with E-state index in [2.05, 4.69) is 5.32 Å². The second-order valence-corrected chi connectivity index (χ2v) is 5.76. The molecule has 0 aromatic heterocycles. The number of carboxylic acid groups (broad SMARTS) is 1. The summed E-state index contributed by atoms with van der Waals surface area (Å²) in [5.41, 5.74) is 1.12. The Bertz CT molecular complexity index is 552. The Balaban J connectivity index is 2.26. The number of carbonyl (C=O) groups excluding carboxylic acids is 1. The summed E-state index contributed by atoms with van der Waals surface area (Å²) in [6, 6.07) is 6.98. The van der Waals surface area contributed by atoms with Gasteiger partial charge in [0.2, 0.25) is 0 Å². The lowest BCUT2D eigenvalue weighted by atomic mass is 9.96. The molecule has 21 heavy (non-hydrogen) atoms. The van der Waals surface area contributed by atoms with Crippen LogP contribution in [0.4, 0.5) is 10.5 Å². The molecule has 0 fully saturated rings. The molecular weight excluding hydrogens is 268 g/mol. The minimum Gasteiger partial charge on any atom is -0.481 e. The molecule has 5 nitrogen and oxygen atoms in total. The standard InChI is InChI=1S/C16H22N2O3/c1-4-16(3,5-2)17-15(21)18-10-12(14(19)20)11-8-6-7-9-13(11)18/h6-9,12H,4-5,10H2,1-3H3,(H,17,21)(H,19,20). The van der Waals surface area contributed by atoms with E-state index in [1.807, 2.05) is 26.8 Å². The minimum atomic E-state index is -0.897. The summed E-state index contributed by atoms with van der Waals surface area (Å²) in [5.74, 6) is -1.55. The number of nitrogens with one attached hydrogen (secondary N) is 1. The Morgan fingerprint density at radius 3 is 2.52 bits per heavy atom. The lowest BCUT2D eigenvalue weighted by Gasteiger charge is -2.31. The third-order valence-electron chi connectivity index (χ3n) is 4.48. The van der Waals surface area contributed by atoms with Crippen LogP contribution >= 0.6 is 0 Å². The van der Waals surface area contributed by atoms with E-state index in [9.17, 15) is 14.7 Å². The van der Waals surface area contributed by atoms with E-state index in [0.29, 0.717) is 11.3 Å². The summed E-state index contributed by atoms with van der Waals surface area (Å²) in [4.78, 5) is 25.4. The first-order valence-corrected chi connectivity index (χ1v) is 7.33. The highest BCUT2D eigenvalue weighted by Crippen LogP contribution is 2.36. The quantitative estimate of drug-likeness (QED) is 0.895. The molecule has 0 saturated carbocycles. The van der Waals surface area contributed by atoms with Crippen LogP contribution in [0.25, 0.3) is 0 Å². The van der Waals surface area contributed by atoms with Crippen molar-refractivity contribution >= 4 is 17.7 Å². The molecule has 2 N–H and O–H groups in total. The Morgan fingerprint density at radius 2 is 1.95 bits per heavy atom. The maximum absolute atomic E-state index is 12.5. The van der Waals surface area contributed by atoms with E-state index >= 15 is 0 Å². The molecule has 1 atom stereocenters. The van der Waals surface area contributed by atoms with Crippen molar-refractivity contribution in [1.82, 2.24) is 5.32 Å². The second kappa shape index (κ2) is 5.76. The fourth-order valence-electron chi connectivity index (χ4n) is 2.56. The topological polar surface area (TPSA) is 69.6 Å². The predicted molar refractivity (Wildman–Crippen MR) is 81.7 cm³/mol. The lowest BCUT2D eigenvalue weighted by Crippen LogP contribution is -2.51. The Kier molecular flexibility index (Phi) is 4.21. The van der Waals surface area contributed by atoms with Crippen LogP contribution in [0, 0.1) is 0 Å². The van der Waals surface area contributed by atoms with Crippen molar-refractivity contribution in [2.24, 2.45) is 0 Å². The maximum Gasteiger partial charge on any atom is 0.322 e. The van der Waals surface area contributed by atoms with Crippen LogP contribution in [-0.2, 0) is 4.79 Å². The molecule has 0 saturated heterocycles. The summed E-state index contributed by atoms with van der Waals surface area (Å²) in [6.07, 6.45) is 1.65. The van der Waals surface area contributed by atoms with E-state index < -0.39 is 11.9 Å². The molecule has 1 aromatic rings. The largest absolute Gasteiger partial charge is 0.481 e. The second-order valence-electron chi connectivity index (χ2n) is 5.76. The van der Waals surface area contributed by atoms with Gasteiger partial charge in [-0.15, -0.1) is 0 Å². The number of nitrogens with zero attached hydrogens (tertiary/aromatic N) is 1. The van der Waals surface area contributed by atoms with Crippen LogP contribution < -0.4 is 10.2 Å². The molecular formula is C16H22N2O3. The summed E-state index contributed by atoms with van der Waals surface area (Å²) < 4.78 is 0. The molecule has 1 unspecified atom stereocenters. The molecule has 0 bridgehead atoms. The number of carboxylic acids is 1. The molecule has 0 aliphatic carbocycles. The number of carbonyl (C=O) groups is 2.